The monoisotopic (exact) mass is 261 g/mol. The van der Waals surface area contributed by atoms with Crippen LogP contribution in [0.2, 0.25) is 5.02 Å². The number of amides is 1. The average molecular weight is 262 g/mol. The topological polar surface area (TPSA) is 42.2 Å². The van der Waals surface area contributed by atoms with E-state index < -0.39 is 0 Å². The fraction of sp³-hybridized carbons (Fsp3) is 0.0714. The Morgan fingerprint density at radius 3 is 2.67 bits per heavy atom. The summed E-state index contributed by atoms with van der Waals surface area (Å²) in [6, 6.07) is 10.6. The number of benzene rings is 1. The van der Waals surface area contributed by atoms with Crippen LogP contribution in [0, 0.1) is 0 Å². The van der Waals surface area contributed by atoms with Crippen LogP contribution in [0.1, 0.15) is 10.6 Å². The molecule has 0 bridgehead atoms. The molecule has 0 fully saturated rings. The predicted octanol–water partition coefficient (Wildman–Crippen LogP) is 3.52. The lowest BCUT2D eigenvalue weighted by Gasteiger charge is -1.99. The summed E-state index contributed by atoms with van der Waals surface area (Å²) in [6.45, 7) is 3.94. The van der Waals surface area contributed by atoms with Crippen LogP contribution in [0.15, 0.2) is 53.5 Å². The van der Waals surface area contributed by atoms with E-state index in [1.807, 2.05) is 12.1 Å². The number of rotatable bonds is 4. The maximum atomic E-state index is 11.6. The molecule has 3 nitrogen and oxygen atoms in total. The van der Waals surface area contributed by atoms with Gasteiger partial charge in [-0.05, 0) is 36.4 Å². The molecule has 4 heteroatoms. The number of nitrogens with one attached hydrogen (secondary N) is 1. The van der Waals surface area contributed by atoms with E-state index in [2.05, 4.69) is 11.9 Å². The zero-order valence-corrected chi connectivity index (χ0v) is 10.4. The van der Waals surface area contributed by atoms with Crippen molar-refractivity contribution in [1.82, 2.24) is 5.32 Å². The van der Waals surface area contributed by atoms with Gasteiger partial charge in [0.15, 0.2) is 5.76 Å². The Morgan fingerprint density at radius 1 is 1.28 bits per heavy atom. The fourth-order valence-electron chi connectivity index (χ4n) is 1.48. The Morgan fingerprint density at radius 2 is 2.00 bits per heavy atom. The molecule has 0 aliphatic carbocycles. The summed E-state index contributed by atoms with van der Waals surface area (Å²) in [7, 11) is 0. The fourth-order valence-corrected chi connectivity index (χ4v) is 1.61. The van der Waals surface area contributed by atoms with Gasteiger partial charge < -0.3 is 9.73 Å². The van der Waals surface area contributed by atoms with Crippen molar-refractivity contribution >= 4 is 17.5 Å². The SMILES string of the molecule is C=CCNC(=O)c1ccc(-c2ccc(Cl)cc2)o1. The molecule has 1 heterocycles. The van der Waals surface area contributed by atoms with Crippen LogP contribution < -0.4 is 5.32 Å². The van der Waals surface area contributed by atoms with E-state index in [9.17, 15) is 4.79 Å². The van der Waals surface area contributed by atoms with E-state index in [0.717, 1.165) is 5.56 Å². The molecule has 0 radical (unpaired) electrons. The lowest BCUT2D eigenvalue weighted by molar-refractivity contribution is 0.0931. The highest BCUT2D eigenvalue weighted by molar-refractivity contribution is 6.30. The van der Waals surface area contributed by atoms with Crippen LogP contribution in [-0.4, -0.2) is 12.5 Å². The third-order valence-corrected chi connectivity index (χ3v) is 2.62. The van der Waals surface area contributed by atoms with E-state index in [-0.39, 0.29) is 11.7 Å². The second-order valence-corrected chi connectivity index (χ2v) is 4.11. The summed E-state index contributed by atoms with van der Waals surface area (Å²) in [5, 5.41) is 3.31. The van der Waals surface area contributed by atoms with Crippen LogP contribution in [0.25, 0.3) is 11.3 Å². The molecule has 92 valence electrons. The summed E-state index contributed by atoms with van der Waals surface area (Å²) in [6.07, 6.45) is 1.61. The number of carbonyl (C=O) groups is 1. The Kier molecular flexibility index (Phi) is 3.85. The van der Waals surface area contributed by atoms with Gasteiger partial charge in [-0.3, -0.25) is 4.79 Å². The van der Waals surface area contributed by atoms with Gasteiger partial charge in [0.1, 0.15) is 5.76 Å². The highest BCUT2D eigenvalue weighted by Gasteiger charge is 2.11. The Labute approximate surface area is 110 Å². The first kappa shape index (κ1) is 12.5. The summed E-state index contributed by atoms with van der Waals surface area (Å²) in [5.41, 5.74) is 0.877. The number of hydrogen-bond acceptors (Lipinski definition) is 2. The average Bonchev–Trinajstić information content (AvgIpc) is 2.86. The van der Waals surface area contributed by atoms with Gasteiger partial charge in [-0.15, -0.1) is 6.58 Å². The van der Waals surface area contributed by atoms with Crippen LogP contribution in [0.5, 0.6) is 0 Å². The minimum absolute atomic E-state index is 0.255. The molecule has 0 saturated heterocycles. The summed E-state index contributed by atoms with van der Waals surface area (Å²) >= 11 is 5.81. The number of carbonyl (C=O) groups excluding carboxylic acids is 1. The van der Waals surface area contributed by atoms with Crippen molar-refractivity contribution < 1.29 is 9.21 Å². The smallest absolute Gasteiger partial charge is 0.287 e. The molecule has 18 heavy (non-hydrogen) atoms. The van der Waals surface area contributed by atoms with Crippen molar-refractivity contribution in [1.29, 1.82) is 0 Å². The molecule has 1 N–H and O–H groups in total. The number of furan rings is 1. The third-order valence-electron chi connectivity index (χ3n) is 2.37. The van der Waals surface area contributed by atoms with Crippen LogP contribution >= 0.6 is 11.6 Å². The molecule has 0 atom stereocenters. The molecule has 1 aromatic carbocycles. The molecular weight excluding hydrogens is 250 g/mol. The molecule has 0 spiro atoms. The van der Waals surface area contributed by atoms with Gasteiger partial charge in [0.05, 0.1) is 0 Å². The minimum atomic E-state index is -0.255. The summed E-state index contributed by atoms with van der Waals surface area (Å²) in [5.74, 6) is 0.660. The third kappa shape index (κ3) is 2.81. The molecule has 2 aromatic rings. The molecule has 1 aromatic heterocycles. The lowest BCUT2D eigenvalue weighted by Crippen LogP contribution is -2.22. The van der Waals surface area contributed by atoms with E-state index in [4.69, 9.17) is 16.0 Å². The second kappa shape index (κ2) is 5.56. The zero-order valence-electron chi connectivity index (χ0n) is 9.65. The maximum absolute atomic E-state index is 11.6. The van der Waals surface area contributed by atoms with Crippen LogP contribution in [0.3, 0.4) is 0 Å². The zero-order chi connectivity index (χ0) is 13.0. The lowest BCUT2D eigenvalue weighted by atomic mass is 10.2. The standard InChI is InChI=1S/C14H12ClNO2/c1-2-9-16-14(17)13-8-7-12(18-13)10-3-5-11(15)6-4-10/h2-8H,1,9H2,(H,16,17). The van der Waals surface area contributed by atoms with Crippen molar-refractivity contribution in [3.63, 3.8) is 0 Å². The Balaban J connectivity index is 2.17. The maximum Gasteiger partial charge on any atom is 0.287 e. The molecule has 0 aliphatic rings. The minimum Gasteiger partial charge on any atom is -0.451 e. The van der Waals surface area contributed by atoms with Gasteiger partial charge >= 0.3 is 0 Å². The molecule has 0 saturated carbocycles. The molecule has 2 rings (SSSR count). The van der Waals surface area contributed by atoms with E-state index in [1.165, 1.54) is 0 Å². The van der Waals surface area contributed by atoms with Gasteiger partial charge in [-0.25, -0.2) is 0 Å². The largest absolute Gasteiger partial charge is 0.451 e. The number of halogens is 1. The summed E-state index contributed by atoms with van der Waals surface area (Å²) in [4.78, 5) is 11.6. The molecule has 0 unspecified atom stereocenters. The normalized spacial score (nSPS) is 10.1. The first-order valence-electron chi connectivity index (χ1n) is 5.45. The summed E-state index contributed by atoms with van der Waals surface area (Å²) < 4.78 is 5.48. The first-order valence-corrected chi connectivity index (χ1v) is 5.83. The van der Waals surface area contributed by atoms with E-state index in [1.54, 1.807) is 30.3 Å². The van der Waals surface area contributed by atoms with Crippen molar-refractivity contribution in [2.75, 3.05) is 6.54 Å². The van der Waals surface area contributed by atoms with E-state index in [0.29, 0.717) is 17.3 Å². The van der Waals surface area contributed by atoms with Gasteiger partial charge in [0.25, 0.3) is 5.91 Å². The van der Waals surface area contributed by atoms with Gasteiger partial charge in [-0.2, -0.15) is 0 Å². The van der Waals surface area contributed by atoms with Crippen molar-refractivity contribution in [3.05, 3.63) is 59.8 Å². The first-order chi connectivity index (χ1) is 8.70. The predicted molar refractivity (Wildman–Crippen MR) is 71.7 cm³/mol. The Hall–Kier alpha value is -2.00. The van der Waals surface area contributed by atoms with Crippen molar-refractivity contribution in [3.8, 4) is 11.3 Å². The van der Waals surface area contributed by atoms with Crippen molar-refractivity contribution in [2.45, 2.75) is 0 Å². The highest BCUT2D eigenvalue weighted by Crippen LogP contribution is 2.23. The molecule has 0 aliphatic heterocycles. The molecular formula is C14H12ClNO2. The molecule has 1 amide bonds. The highest BCUT2D eigenvalue weighted by atomic mass is 35.5. The van der Waals surface area contributed by atoms with Gasteiger partial charge in [0, 0.05) is 17.1 Å². The second-order valence-electron chi connectivity index (χ2n) is 3.67. The number of hydrogen-bond donors (Lipinski definition) is 1. The van der Waals surface area contributed by atoms with E-state index >= 15 is 0 Å². The Bertz CT molecular complexity index is 557. The van der Waals surface area contributed by atoms with Crippen LogP contribution in [0.4, 0.5) is 0 Å². The quantitative estimate of drug-likeness (QED) is 0.856. The van der Waals surface area contributed by atoms with Crippen LogP contribution in [-0.2, 0) is 0 Å². The van der Waals surface area contributed by atoms with Gasteiger partial charge in [0.2, 0.25) is 0 Å². The van der Waals surface area contributed by atoms with Gasteiger partial charge in [-0.1, -0.05) is 17.7 Å². The van der Waals surface area contributed by atoms with Crippen molar-refractivity contribution in [2.24, 2.45) is 0 Å².